The lowest BCUT2D eigenvalue weighted by molar-refractivity contribution is -0.134. The van der Waals surface area contributed by atoms with Crippen molar-refractivity contribution < 1.29 is 9.59 Å². The number of fused-ring (bicyclic) bond motifs is 3. The summed E-state index contributed by atoms with van der Waals surface area (Å²) in [6.45, 7) is 4.16. The molecule has 0 radical (unpaired) electrons. The zero-order valence-electron chi connectivity index (χ0n) is 15.6. The van der Waals surface area contributed by atoms with Crippen molar-refractivity contribution in [3.63, 3.8) is 0 Å². The predicted molar refractivity (Wildman–Crippen MR) is 96.6 cm³/mol. The third-order valence-corrected chi connectivity index (χ3v) is 6.46. The molecule has 4 aliphatic rings. The number of carbonyl (C=O) groups excluding carboxylic acids is 2. The van der Waals surface area contributed by atoms with Gasteiger partial charge < -0.3 is 5.32 Å². The van der Waals surface area contributed by atoms with E-state index in [4.69, 9.17) is 0 Å². The fourth-order valence-electron chi connectivity index (χ4n) is 4.95. The van der Waals surface area contributed by atoms with E-state index in [0.29, 0.717) is 23.7 Å². The summed E-state index contributed by atoms with van der Waals surface area (Å²) in [5.41, 5.74) is 0.422. The number of Topliss-reactive ketones (excluding diaryl/α,β-unsaturated/α-hetero) is 1. The average molecular weight is 359 g/mol. The van der Waals surface area contributed by atoms with Crippen LogP contribution < -0.4 is 5.32 Å². The molecule has 1 N–H and O–H groups in total. The van der Waals surface area contributed by atoms with Crippen LogP contribution in [-0.2, 0) is 11.3 Å². The first-order valence-corrected chi connectivity index (χ1v) is 10.1. The molecule has 4 atom stereocenters. The van der Waals surface area contributed by atoms with Crippen molar-refractivity contribution in [3.8, 4) is 0 Å². The number of carbonyl (C=O) groups is 2. The molecule has 1 aromatic heterocycles. The Morgan fingerprint density at radius 3 is 2.69 bits per heavy atom. The highest BCUT2D eigenvalue weighted by molar-refractivity contribution is 5.91. The second kappa shape index (κ2) is 7.47. The van der Waals surface area contributed by atoms with Crippen molar-refractivity contribution in [1.82, 2.24) is 25.2 Å². The Bertz CT molecular complexity index is 667. The van der Waals surface area contributed by atoms with Gasteiger partial charge in [-0.05, 0) is 38.1 Å². The maximum absolute atomic E-state index is 12.8. The van der Waals surface area contributed by atoms with Crippen molar-refractivity contribution in [2.24, 2.45) is 11.8 Å². The molecule has 142 valence electrons. The fourth-order valence-corrected chi connectivity index (χ4v) is 4.95. The van der Waals surface area contributed by atoms with E-state index in [2.05, 4.69) is 20.5 Å². The summed E-state index contributed by atoms with van der Waals surface area (Å²) in [6.07, 6.45) is 9.94. The van der Waals surface area contributed by atoms with Gasteiger partial charge in [0.1, 0.15) is 5.69 Å². The largest absolute Gasteiger partial charge is 0.353 e. The third kappa shape index (κ3) is 3.68. The van der Waals surface area contributed by atoms with E-state index in [9.17, 15) is 9.59 Å². The van der Waals surface area contributed by atoms with Crippen LogP contribution in [0.2, 0.25) is 0 Å². The van der Waals surface area contributed by atoms with Gasteiger partial charge in [0.15, 0.2) is 5.78 Å². The van der Waals surface area contributed by atoms with Gasteiger partial charge in [-0.1, -0.05) is 24.5 Å². The molecule has 1 amide bonds. The highest BCUT2D eigenvalue weighted by atomic mass is 16.2. The summed E-state index contributed by atoms with van der Waals surface area (Å²) in [7, 11) is 0. The number of piperidine rings is 3. The van der Waals surface area contributed by atoms with Gasteiger partial charge in [0, 0.05) is 25.6 Å². The van der Waals surface area contributed by atoms with Crippen LogP contribution in [-0.4, -0.2) is 56.8 Å². The van der Waals surface area contributed by atoms with E-state index >= 15 is 0 Å². The number of nitrogens with zero attached hydrogens (tertiary/aromatic N) is 4. The van der Waals surface area contributed by atoms with Gasteiger partial charge in [0.2, 0.25) is 5.91 Å². The summed E-state index contributed by atoms with van der Waals surface area (Å²) in [5, 5.41) is 11.3. The minimum atomic E-state index is -0.0545. The molecule has 1 aliphatic carbocycles. The van der Waals surface area contributed by atoms with Crippen LogP contribution in [0.5, 0.6) is 0 Å². The third-order valence-electron chi connectivity index (χ3n) is 6.46. The topological polar surface area (TPSA) is 80.1 Å². The normalized spacial score (nSPS) is 31.7. The molecular weight excluding hydrogens is 330 g/mol. The molecule has 1 aromatic rings. The van der Waals surface area contributed by atoms with E-state index < -0.39 is 0 Å². The van der Waals surface area contributed by atoms with Gasteiger partial charge in [-0.3, -0.25) is 19.2 Å². The maximum atomic E-state index is 12.8. The molecule has 4 fully saturated rings. The van der Waals surface area contributed by atoms with Crippen LogP contribution in [0.1, 0.15) is 62.4 Å². The van der Waals surface area contributed by atoms with Gasteiger partial charge in [-0.15, -0.1) is 5.10 Å². The average Bonchev–Trinajstić information content (AvgIpc) is 3.12. The second-order valence-electron chi connectivity index (χ2n) is 8.27. The summed E-state index contributed by atoms with van der Waals surface area (Å²) in [6, 6.07) is 0.775. The Morgan fingerprint density at radius 2 is 2.04 bits per heavy atom. The van der Waals surface area contributed by atoms with Crippen molar-refractivity contribution in [3.05, 3.63) is 11.9 Å². The molecule has 7 heteroatoms. The molecule has 0 spiro atoms. The lowest BCUT2D eigenvalue weighted by Gasteiger charge is -2.49. The lowest BCUT2D eigenvalue weighted by atomic mass is 9.75. The summed E-state index contributed by atoms with van der Waals surface area (Å²) >= 11 is 0. The minimum absolute atomic E-state index is 0.0545. The molecule has 2 unspecified atom stereocenters. The molecule has 3 aliphatic heterocycles. The Kier molecular flexibility index (Phi) is 5.07. The molecule has 3 saturated heterocycles. The van der Waals surface area contributed by atoms with Crippen LogP contribution in [0, 0.1) is 11.8 Å². The summed E-state index contributed by atoms with van der Waals surface area (Å²) in [5.74, 6) is 0.806. The van der Waals surface area contributed by atoms with Crippen molar-refractivity contribution >= 4 is 11.7 Å². The van der Waals surface area contributed by atoms with Crippen LogP contribution in [0.25, 0.3) is 0 Å². The number of hydrogen-bond donors (Lipinski definition) is 1. The first-order chi connectivity index (χ1) is 12.6. The number of amides is 1. The fraction of sp³-hybridized carbons (Fsp3) is 0.789. The number of hydrogen-bond acceptors (Lipinski definition) is 5. The molecule has 0 aromatic carbocycles. The smallest absolute Gasteiger partial charge is 0.224 e. The quantitative estimate of drug-likeness (QED) is 0.809. The highest BCUT2D eigenvalue weighted by Crippen LogP contribution is 2.37. The van der Waals surface area contributed by atoms with E-state index in [1.54, 1.807) is 10.9 Å². The molecule has 26 heavy (non-hydrogen) atoms. The molecule has 5 rings (SSSR count). The van der Waals surface area contributed by atoms with Crippen molar-refractivity contribution in [1.29, 1.82) is 0 Å². The highest BCUT2D eigenvalue weighted by Gasteiger charge is 2.43. The Labute approximate surface area is 154 Å². The Morgan fingerprint density at radius 1 is 1.23 bits per heavy atom. The zero-order valence-corrected chi connectivity index (χ0v) is 15.6. The monoisotopic (exact) mass is 359 g/mol. The summed E-state index contributed by atoms with van der Waals surface area (Å²) < 4.78 is 1.78. The maximum Gasteiger partial charge on any atom is 0.224 e. The van der Waals surface area contributed by atoms with Gasteiger partial charge in [-0.25, -0.2) is 0 Å². The van der Waals surface area contributed by atoms with E-state index in [-0.39, 0.29) is 17.6 Å². The SMILES string of the molecule is CC(=O)c1cn(C[C@H]2CC3CCN2C[C@@H]3C(=O)NC2CCCCC2)nn1. The Balaban J connectivity index is 1.34. The van der Waals surface area contributed by atoms with Gasteiger partial charge in [0.25, 0.3) is 0 Å². The van der Waals surface area contributed by atoms with Crippen LogP contribution in [0.3, 0.4) is 0 Å². The Hall–Kier alpha value is -1.76. The molecule has 1 saturated carbocycles. The number of aromatic nitrogens is 3. The zero-order chi connectivity index (χ0) is 18.1. The minimum Gasteiger partial charge on any atom is -0.353 e. The summed E-state index contributed by atoms with van der Waals surface area (Å²) in [4.78, 5) is 26.6. The van der Waals surface area contributed by atoms with Crippen LogP contribution in [0.4, 0.5) is 0 Å². The lowest BCUT2D eigenvalue weighted by Crippen LogP contribution is -2.58. The first kappa shape index (κ1) is 17.6. The first-order valence-electron chi connectivity index (χ1n) is 10.1. The molecule has 7 nitrogen and oxygen atoms in total. The van der Waals surface area contributed by atoms with Gasteiger partial charge >= 0.3 is 0 Å². The van der Waals surface area contributed by atoms with E-state index in [1.807, 2.05) is 0 Å². The standard InChI is InChI=1S/C19H29N5O2/c1-13(25)18-12-24(22-21-18)10-16-9-14-7-8-23(16)11-17(14)19(26)20-15-5-3-2-4-6-15/h12,14-17H,2-11H2,1H3,(H,20,26)/t14?,16-,17+/m1/s1. The van der Waals surface area contributed by atoms with Gasteiger partial charge in [0.05, 0.1) is 18.7 Å². The molecule has 4 heterocycles. The number of ketones is 1. The van der Waals surface area contributed by atoms with Gasteiger partial charge in [-0.2, -0.15) is 0 Å². The van der Waals surface area contributed by atoms with E-state index in [0.717, 1.165) is 45.3 Å². The van der Waals surface area contributed by atoms with Crippen LogP contribution >= 0.6 is 0 Å². The van der Waals surface area contributed by atoms with Crippen molar-refractivity contribution in [2.75, 3.05) is 13.1 Å². The second-order valence-corrected chi connectivity index (χ2v) is 8.27. The van der Waals surface area contributed by atoms with E-state index in [1.165, 1.54) is 26.2 Å². The van der Waals surface area contributed by atoms with Crippen molar-refractivity contribution in [2.45, 2.75) is 70.5 Å². The number of rotatable bonds is 5. The molecule has 2 bridgehead atoms. The predicted octanol–water partition coefficient (Wildman–Crippen LogP) is 1.64. The molecular formula is C19H29N5O2. The van der Waals surface area contributed by atoms with Crippen LogP contribution in [0.15, 0.2) is 6.20 Å². The number of nitrogens with one attached hydrogen (secondary N) is 1.